The van der Waals surface area contributed by atoms with E-state index in [1.807, 2.05) is 4.90 Å². The predicted molar refractivity (Wildman–Crippen MR) is 63.4 cm³/mol. The number of hydrogen-bond acceptors (Lipinski definition) is 3. The SMILES string of the molecule is O=C(NC1CC1)N1CCN(CCS)CC1. The van der Waals surface area contributed by atoms with Crippen molar-refractivity contribution in [3.05, 3.63) is 0 Å². The Morgan fingerprint density at radius 2 is 1.93 bits per heavy atom. The van der Waals surface area contributed by atoms with E-state index in [1.54, 1.807) is 0 Å². The summed E-state index contributed by atoms with van der Waals surface area (Å²) in [4.78, 5) is 16.0. The van der Waals surface area contributed by atoms with Gasteiger partial charge in [0, 0.05) is 44.5 Å². The Morgan fingerprint density at radius 3 is 2.47 bits per heavy atom. The van der Waals surface area contributed by atoms with E-state index >= 15 is 0 Å². The van der Waals surface area contributed by atoms with Crippen molar-refractivity contribution in [1.29, 1.82) is 0 Å². The second-order valence-electron chi connectivity index (χ2n) is 4.28. The molecule has 0 spiro atoms. The molecule has 1 aliphatic carbocycles. The molecular formula is C10H19N3OS. The lowest BCUT2D eigenvalue weighted by molar-refractivity contribution is 0.143. The first kappa shape index (κ1) is 11.1. The average molecular weight is 229 g/mol. The van der Waals surface area contributed by atoms with E-state index in [0.29, 0.717) is 6.04 Å². The second-order valence-corrected chi connectivity index (χ2v) is 4.72. The number of urea groups is 1. The van der Waals surface area contributed by atoms with Gasteiger partial charge in [-0.3, -0.25) is 4.90 Å². The molecule has 1 saturated carbocycles. The van der Waals surface area contributed by atoms with E-state index in [4.69, 9.17) is 0 Å². The Hall–Kier alpha value is -0.420. The number of amides is 2. The van der Waals surface area contributed by atoms with Crippen molar-refractivity contribution in [2.24, 2.45) is 0 Å². The minimum atomic E-state index is 0.128. The zero-order valence-corrected chi connectivity index (χ0v) is 9.88. The standard InChI is InChI=1S/C10H19N3OS/c14-10(11-9-1-2-9)13-5-3-12(4-6-13)7-8-15/h9,15H,1-8H2,(H,11,14). The van der Waals surface area contributed by atoms with Gasteiger partial charge >= 0.3 is 6.03 Å². The summed E-state index contributed by atoms with van der Waals surface area (Å²) in [6, 6.07) is 0.594. The summed E-state index contributed by atoms with van der Waals surface area (Å²) in [5.41, 5.74) is 0. The molecule has 0 unspecified atom stereocenters. The fourth-order valence-corrected chi connectivity index (χ4v) is 2.09. The van der Waals surface area contributed by atoms with Crippen molar-refractivity contribution in [1.82, 2.24) is 15.1 Å². The van der Waals surface area contributed by atoms with E-state index in [2.05, 4.69) is 22.8 Å². The first-order valence-electron chi connectivity index (χ1n) is 5.68. The van der Waals surface area contributed by atoms with E-state index in [-0.39, 0.29) is 6.03 Å². The molecule has 4 nitrogen and oxygen atoms in total. The second kappa shape index (κ2) is 5.07. The van der Waals surface area contributed by atoms with Gasteiger partial charge in [0.1, 0.15) is 0 Å². The van der Waals surface area contributed by atoms with Gasteiger partial charge in [-0.15, -0.1) is 0 Å². The lowest BCUT2D eigenvalue weighted by Crippen LogP contribution is -2.52. The summed E-state index contributed by atoms with van der Waals surface area (Å²) >= 11 is 4.21. The van der Waals surface area contributed by atoms with Gasteiger partial charge in [-0.1, -0.05) is 0 Å². The fraction of sp³-hybridized carbons (Fsp3) is 0.900. The van der Waals surface area contributed by atoms with Crippen LogP contribution in [0.5, 0.6) is 0 Å². The molecule has 2 rings (SSSR count). The predicted octanol–water partition coefficient (Wildman–Crippen LogP) is 0.406. The maximum absolute atomic E-state index is 11.7. The molecule has 0 aromatic carbocycles. The van der Waals surface area contributed by atoms with Gasteiger partial charge in [-0.25, -0.2) is 4.79 Å². The van der Waals surface area contributed by atoms with Crippen molar-refractivity contribution in [3.63, 3.8) is 0 Å². The van der Waals surface area contributed by atoms with Gasteiger partial charge in [0.25, 0.3) is 0 Å². The molecule has 2 amide bonds. The Kier molecular flexibility index (Phi) is 3.75. The van der Waals surface area contributed by atoms with Gasteiger partial charge in [-0.2, -0.15) is 12.6 Å². The number of nitrogens with one attached hydrogen (secondary N) is 1. The minimum Gasteiger partial charge on any atom is -0.335 e. The van der Waals surface area contributed by atoms with Crippen LogP contribution in [0.1, 0.15) is 12.8 Å². The molecule has 0 radical (unpaired) electrons. The Bertz CT molecular complexity index is 225. The molecule has 1 N–H and O–H groups in total. The molecule has 0 aromatic rings. The van der Waals surface area contributed by atoms with E-state index in [0.717, 1.165) is 51.3 Å². The molecular weight excluding hydrogens is 210 g/mol. The molecule has 0 atom stereocenters. The monoisotopic (exact) mass is 229 g/mol. The number of rotatable bonds is 3. The highest BCUT2D eigenvalue weighted by Gasteiger charge is 2.27. The van der Waals surface area contributed by atoms with Crippen LogP contribution in [0.25, 0.3) is 0 Å². The van der Waals surface area contributed by atoms with Gasteiger partial charge < -0.3 is 10.2 Å². The molecule has 1 heterocycles. The van der Waals surface area contributed by atoms with Crippen LogP contribution in [0.2, 0.25) is 0 Å². The maximum Gasteiger partial charge on any atom is 0.317 e. The van der Waals surface area contributed by atoms with Crippen molar-refractivity contribution >= 4 is 18.7 Å². The molecule has 15 heavy (non-hydrogen) atoms. The van der Waals surface area contributed by atoms with Gasteiger partial charge in [0.15, 0.2) is 0 Å². The lowest BCUT2D eigenvalue weighted by atomic mass is 10.3. The van der Waals surface area contributed by atoms with Crippen LogP contribution < -0.4 is 5.32 Å². The Labute approximate surface area is 96.4 Å². The van der Waals surface area contributed by atoms with Crippen molar-refractivity contribution < 1.29 is 4.79 Å². The highest BCUT2D eigenvalue weighted by molar-refractivity contribution is 7.80. The molecule has 0 bridgehead atoms. The zero-order chi connectivity index (χ0) is 10.7. The first-order valence-corrected chi connectivity index (χ1v) is 6.31. The average Bonchev–Trinajstić information content (AvgIpc) is 3.03. The number of thiol groups is 1. The fourth-order valence-electron chi connectivity index (χ4n) is 1.81. The molecule has 2 aliphatic rings. The highest BCUT2D eigenvalue weighted by Crippen LogP contribution is 2.19. The van der Waals surface area contributed by atoms with Crippen LogP contribution >= 0.6 is 12.6 Å². The van der Waals surface area contributed by atoms with Crippen molar-refractivity contribution in [3.8, 4) is 0 Å². The van der Waals surface area contributed by atoms with Gasteiger partial charge in [-0.05, 0) is 12.8 Å². The molecule has 2 fully saturated rings. The van der Waals surface area contributed by atoms with Gasteiger partial charge in [0.05, 0.1) is 0 Å². The molecule has 5 heteroatoms. The van der Waals surface area contributed by atoms with E-state index < -0.39 is 0 Å². The minimum absolute atomic E-state index is 0.128. The summed E-state index contributed by atoms with van der Waals surface area (Å²) in [5.74, 6) is 0.897. The number of carbonyl (C=O) groups is 1. The third kappa shape index (κ3) is 3.28. The van der Waals surface area contributed by atoms with Crippen LogP contribution in [-0.2, 0) is 0 Å². The quantitative estimate of drug-likeness (QED) is 0.688. The van der Waals surface area contributed by atoms with Crippen LogP contribution in [0.15, 0.2) is 0 Å². The number of piperazine rings is 1. The van der Waals surface area contributed by atoms with E-state index in [1.165, 1.54) is 0 Å². The van der Waals surface area contributed by atoms with Crippen LogP contribution in [0, 0.1) is 0 Å². The highest BCUT2D eigenvalue weighted by atomic mass is 32.1. The topological polar surface area (TPSA) is 35.6 Å². The molecule has 1 saturated heterocycles. The maximum atomic E-state index is 11.7. The van der Waals surface area contributed by atoms with Crippen LogP contribution in [0.3, 0.4) is 0 Å². The zero-order valence-electron chi connectivity index (χ0n) is 8.98. The van der Waals surface area contributed by atoms with Crippen molar-refractivity contribution in [2.45, 2.75) is 18.9 Å². The number of nitrogens with zero attached hydrogens (tertiary/aromatic N) is 2. The molecule has 1 aliphatic heterocycles. The summed E-state index contributed by atoms with van der Waals surface area (Å²) in [5, 5.41) is 3.02. The molecule has 0 aromatic heterocycles. The number of carbonyl (C=O) groups excluding carboxylic acids is 1. The number of hydrogen-bond donors (Lipinski definition) is 2. The lowest BCUT2D eigenvalue weighted by Gasteiger charge is -2.34. The third-order valence-electron chi connectivity index (χ3n) is 2.98. The smallest absolute Gasteiger partial charge is 0.317 e. The molecule has 86 valence electrons. The first-order chi connectivity index (χ1) is 7.29. The summed E-state index contributed by atoms with van der Waals surface area (Å²) in [6.45, 7) is 4.71. The van der Waals surface area contributed by atoms with Gasteiger partial charge in [0.2, 0.25) is 0 Å². The summed E-state index contributed by atoms with van der Waals surface area (Å²) in [6.07, 6.45) is 2.32. The largest absolute Gasteiger partial charge is 0.335 e. The van der Waals surface area contributed by atoms with Crippen LogP contribution in [-0.4, -0.2) is 60.3 Å². The van der Waals surface area contributed by atoms with Crippen LogP contribution in [0.4, 0.5) is 4.79 Å². The Balaban J connectivity index is 1.69. The Morgan fingerprint density at radius 1 is 1.27 bits per heavy atom. The summed E-state index contributed by atoms with van der Waals surface area (Å²) < 4.78 is 0. The third-order valence-corrected chi connectivity index (χ3v) is 3.18. The van der Waals surface area contributed by atoms with E-state index in [9.17, 15) is 4.79 Å². The normalized spacial score (nSPS) is 22.9. The van der Waals surface area contributed by atoms with Crippen molar-refractivity contribution in [2.75, 3.05) is 38.5 Å². The summed E-state index contributed by atoms with van der Waals surface area (Å²) in [7, 11) is 0.